The maximum atomic E-state index is 6.51. The topological polar surface area (TPSA) is 74.1 Å². The van der Waals surface area contributed by atoms with Gasteiger partial charge in [-0.05, 0) is 47.5 Å². The Balaban J connectivity index is 1.73. The fraction of sp³-hybridized carbons (Fsp3) is 0.286. The maximum Gasteiger partial charge on any atom is 0.243 e. The second-order valence-electron chi connectivity index (χ2n) is 6.44. The molecule has 8 heteroatoms. The van der Waals surface area contributed by atoms with Gasteiger partial charge in [-0.2, -0.15) is 0 Å². The number of anilines is 1. The minimum Gasteiger partial charge on any atom is -0.490 e. The van der Waals surface area contributed by atoms with Crippen molar-refractivity contribution < 1.29 is 9.47 Å². The smallest absolute Gasteiger partial charge is 0.243 e. The molecule has 152 valence electrons. The quantitative estimate of drug-likeness (QED) is 0.496. The van der Waals surface area contributed by atoms with E-state index in [0.29, 0.717) is 48.8 Å². The molecule has 1 heterocycles. The second kappa shape index (κ2) is 9.93. The van der Waals surface area contributed by atoms with Gasteiger partial charge < -0.3 is 14.8 Å². The first-order valence-corrected chi connectivity index (χ1v) is 9.73. The number of rotatable bonds is 10. The molecule has 3 aromatic rings. The van der Waals surface area contributed by atoms with Gasteiger partial charge in [-0.15, -0.1) is 6.58 Å². The lowest BCUT2D eigenvalue weighted by molar-refractivity contribution is 0.269. The molecule has 0 bridgehead atoms. The van der Waals surface area contributed by atoms with Gasteiger partial charge in [0, 0.05) is 6.54 Å². The van der Waals surface area contributed by atoms with Crippen LogP contribution >= 0.6 is 11.6 Å². The van der Waals surface area contributed by atoms with Crippen LogP contribution in [-0.2, 0) is 19.7 Å². The van der Waals surface area contributed by atoms with Crippen molar-refractivity contribution in [3.8, 4) is 11.5 Å². The lowest BCUT2D eigenvalue weighted by atomic mass is 10.1. The molecule has 0 aliphatic carbocycles. The average molecular weight is 414 g/mol. The minimum atomic E-state index is 0.411. The van der Waals surface area contributed by atoms with E-state index in [1.54, 1.807) is 10.8 Å². The first-order chi connectivity index (χ1) is 14.1. The van der Waals surface area contributed by atoms with E-state index in [1.807, 2.05) is 31.2 Å². The largest absolute Gasteiger partial charge is 0.490 e. The first kappa shape index (κ1) is 20.7. The molecule has 0 unspecified atom stereocenters. The molecule has 0 atom stereocenters. The molecule has 0 radical (unpaired) electrons. The average Bonchev–Trinajstić information content (AvgIpc) is 3.15. The van der Waals surface area contributed by atoms with Gasteiger partial charge in [-0.25, -0.2) is 4.68 Å². The van der Waals surface area contributed by atoms with Gasteiger partial charge in [0.05, 0.1) is 18.2 Å². The summed E-state index contributed by atoms with van der Waals surface area (Å²) in [7, 11) is 0. The van der Waals surface area contributed by atoms with Crippen molar-refractivity contribution in [3.63, 3.8) is 0 Å². The number of nitrogens with one attached hydrogen (secondary N) is 1. The molecule has 0 saturated carbocycles. The molecular formula is C21H24ClN5O2. The Morgan fingerprint density at radius 2 is 1.97 bits per heavy atom. The van der Waals surface area contributed by atoms with Crippen LogP contribution in [0.15, 0.2) is 49.1 Å². The van der Waals surface area contributed by atoms with E-state index in [0.717, 1.165) is 11.1 Å². The van der Waals surface area contributed by atoms with Gasteiger partial charge in [0.25, 0.3) is 0 Å². The van der Waals surface area contributed by atoms with Gasteiger partial charge in [-0.3, -0.25) is 0 Å². The van der Waals surface area contributed by atoms with Gasteiger partial charge in [0.2, 0.25) is 5.95 Å². The van der Waals surface area contributed by atoms with Crippen molar-refractivity contribution in [1.82, 2.24) is 20.2 Å². The molecule has 29 heavy (non-hydrogen) atoms. The van der Waals surface area contributed by atoms with Crippen molar-refractivity contribution in [2.45, 2.75) is 33.5 Å². The molecule has 1 N–H and O–H groups in total. The highest BCUT2D eigenvalue weighted by Crippen LogP contribution is 2.37. The zero-order valence-electron chi connectivity index (χ0n) is 16.6. The highest BCUT2D eigenvalue weighted by atomic mass is 35.5. The zero-order chi connectivity index (χ0) is 20.6. The summed E-state index contributed by atoms with van der Waals surface area (Å²) in [6.07, 6.45) is 1.73. The van der Waals surface area contributed by atoms with Crippen molar-refractivity contribution >= 4 is 17.5 Å². The van der Waals surface area contributed by atoms with E-state index in [9.17, 15) is 0 Å². The fourth-order valence-corrected chi connectivity index (χ4v) is 3.01. The molecule has 0 amide bonds. The number of hydrogen-bond donors (Lipinski definition) is 1. The van der Waals surface area contributed by atoms with Crippen LogP contribution in [0, 0.1) is 6.92 Å². The Morgan fingerprint density at radius 3 is 2.69 bits per heavy atom. The lowest BCUT2D eigenvalue weighted by Gasteiger charge is -2.16. The van der Waals surface area contributed by atoms with Gasteiger partial charge >= 0.3 is 0 Å². The summed E-state index contributed by atoms with van der Waals surface area (Å²) in [5.74, 6) is 1.70. The number of halogens is 1. The highest BCUT2D eigenvalue weighted by molar-refractivity contribution is 6.32. The van der Waals surface area contributed by atoms with E-state index < -0.39 is 0 Å². The molecule has 0 fully saturated rings. The van der Waals surface area contributed by atoms with Crippen LogP contribution in [0.5, 0.6) is 11.5 Å². The SMILES string of the molecule is C=CCn1nnnc1NCc1cc(Cl)c(OCc2ccc(C)cc2)c(OCC)c1. The zero-order valence-corrected chi connectivity index (χ0v) is 17.3. The normalized spacial score (nSPS) is 10.6. The predicted molar refractivity (Wildman–Crippen MR) is 113 cm³/mol. The Kier molecular flexibility index (Phi) is 7.08. The third-order valence-corrected chi connectivity index (χ3v) is 4.44. The lowest BCUT2D eigenvalue weighted by Crippen LogP contribution is -2.09. The van der Waals surface area contributed by atoms with Crippen LogP contribution in [0.25, 0.3) is 0 Å². The van der Waals surface area contributed by atoms with E-state index >= 15 is 0 Å². The van der Waals surface area contributed by atoms with Crippen molar-refractivity contribution in [2.75, 3.05) is 11.9 Å². The Bertz CT molecular complexity index is 956. The molecule has 0 saturated heterocycles. The molecule has 0 aliphatic heterocycles. The van der Waals surface area contributed by atoms with E-state index in [4.69, 9.17) is 21.1 Å². The summed E-state index contributed by atoms with van der Waals surface area (Å²) in [5.41, 5.74) is 3.20. The number of benzene rings is 2. The molecule has 3 rings (SSSR count). The van der Waals surface area contributed by atoms with E-state index in [-0.39, 0.29) is 0 Å². The van der Waals surface area contributed by atoms with Crippen LogP contribution in [0.2, 0.25) is 5.02 Å². The Labute approximate surface area is 175 Å². The molecule has 7 nitrogen and oxygen atoms in total. The molecule has 0 aliphatic rings. The van der Waals surface area contributed by atoms with E-state index in [1.165, 1.54) is 5.56 Å². The summed E-state index contributed by atoms with van der Waals surface area (Å²) >= 11 is 6.51. The Morgan fingerprint density at radius 1 is 1.17 bits per heavy atom. The summed E-state index contributed by atoms with van der Waals surface area (Å²) < 4.78 is 13.4. The fourth-order valence-electron chi connectivity index (χ4n) is 2.72. The predicted octanol–water partition coefficient (Wildman–Crippen LogP) is 4.41. The standard InChI is InChI=1S/C21H24ClN5O2/c1-4-10-27-21(24-25-26-27)23-13-17-11-18(22)20(19(12-17)28-5-2)29-14-16-8-6-15(3)7-9-16/h4,6-9,11-12H,1,5,10,13-14H2,2-3H3,(H,23,24,26). The third kappa shape index (κ3) is 5.48. The molecule has 1 aromatic heterocycles. The van der Waals surface area contributed by atoms with Gasteiger partial charge in [-0.1, -0.05) is 52.6 Å². The second-order valence-corrected chi connectivity index (χ2v) is 6.85. The Hall–Kier alpha value is -3.06. The number of ether oxygens (including phenoxy) is 2. The number of tetrazole rings is 1. The summed E-state index contributed by atoms with van der Waals surface area (Å²) in [4.78, 5) is 0. The van der Waals surface area contributed by atoms with Crippen molar-refractivity contribution in [1.29, 1.82) is 0 Å². The van der Waals surface area contributed by atoms with Gasteiger partial charge in [0.15, 0.2) is 11.5 Å². The van der Waals surface area contributed by atoms with Crippen LogP contribution in [0.1, 0.15) is 23.6 Å². The van der Waals surface area contributed by atoms with Crippen LogP contribution < -0.4 is 14.8 Å². The van der Waals surface area contributed by atoms with Crippen LogP contribution in [0.3, 0.4) is 0 Å². The van der Waals surface area contributed by atoms with Crippen LogP contribution in [0.4, 0.5) is 5.95 Å². The summed E-state index contributed by atoms with van der Waals surface area (Å²) in [5, 5.41) is 15.2. The monoisotopic (exact) mass is 413 g/mol. The number of hydrogen-bond acceptors (Lipinski definition) is 6. The first-order valence-electron chi connectivity index (χ1n) is 9.35. The maximum absolute atomic E-state index is 6.51. The number of aromatic nitrogens is 4. The molecule has 2 aromatic carbocycles. The summed E-state index contributed by atoms with van der Waals surface area (Å²) in [6, 6.07) is 11.9. The summed E-state index contributed by atoms with van der Waals surface area (Å²) in [6.45, 7) is 9.59. The highest BCUT2D eigenvalue weighted by Gasteiger charge is 2.14. The third-order valence-electron chi connectivity index (χ3n) is 4.16. The molecular weight excluding hydrogens is 390 g/mol. The van der Waals surface area contributed by atoms with Crippen molar-refractivity contribution in [3.05, 3.63) is 70.8 Å². The van der Waals surface area contributed by atoms with Crippen molar-refractivity contribution in [2.24, 2.45) is 0 Å². The van der Waals surface area contributed by atoms with Crippen LogP contribution in [-0.4, -0.2) is 26.8 Å². The number of aryl methyl sites for hydroxylation is 1. The number of nitrogens with zero attached hydrogens (tertiary/aromatic N) is 4. The van der Waals surface area contributed by atoms with E-state index in [2.05, 4.69) is 46.5 Å². The number of allylic oxidation sites excluding steroid dienone is 1. The van der Waals surface area contributed by atoms with Gasteiger partial charge in [0.1, 0.15) is 6.61 Å². The minimum absolute atomic E-state index is 0.411. The molecule has 0 spiro atoms.